The van der Waals surface area contributed by atoms with Gasteiger partial charge in [-0.1, -0.05) is 29.3 Å². The zero-order valence-corrected chi connectivity index (χ0v) is 19.2. The molecule has 4 aromatic rings. The smallest absolute Gasteiger partial charge is 0.346 e. The lowest BCUT2D eigenvalue weighted by Crippen LogP contribution is -2.24. The Labute approximate surface area is 203 Å². The van der Waals surface area contributed by atoms with Crippen molar-refractivity contribution in [2.45, 2.75) is 19.6 Å². The quantitative estimate of drug-likeness (QED) is 0.337. The van der Waals surface area contributed by atoms with Crippen LogP contribution in [0.15, 0.2) is 67.0 Å². The first-order chi connectivity index (χ1) is 16.1. The molecule has 34 heavy (non-hydrogen) atoms. The minimum Gasteiger partial charge on any atom is -0.346 e. The van der Waals surface area contributed by atoms with Crippen molar-refractivity contribution in [2.24, 2.45) is 0 Å². The maximum atomic E-state index is 13.7. The van der Waals surface area contributed by atoms with E-state index < -0.39 is 11.9 Å². The summed E-state index contributed by atoms with van der Waals surface area (Å²) in [5.41, 5.74) is 1.00. The standard InChI is InChI=1S/C24H17Cl2F3N4O/c1-14-8-19(5-6-20(14)23(34)31-12-18-4-2-3-7-30-18)33-13-21(22(32-33)24(27,28)29)15-9-16(25)11-17(26)10-15/h2-11,13H,12H2,1H3,(H,31,34). The highest BCUT2D eigenvalue weighted by Gasteiger charge is 2.38. The van der Waals surface area contributed by atoms with Crippen molar-refractivity contribution in [3.05, 3.63) is 99.6 Å². The fourth-order valence-electron chi connectivity index (χ4n) is 3.45. The highest BCUT2D eigenvalue weighted by Crippen LogP contribution is 2.38. The number of hydrogen-bond acceptors (Lipinski definition) is 3. The van der Waals surface area contributed by atoms with Gasteiger partial charge in [-0.05, 0) is 66.6 Å². The fourth-order valence-corrected chi connectivity index (χ4v) is 3.98. The summed E-state index contributed by atoms with van der Waals surface area (Å²) in [7, 11) is 0. The van der Waals surface area contributed by atoms with E-state index in [0.29, 0.717) is 22.5 Å². The molecule has 1 N–H and O–H groups in total. The van der Waals surface area contributed by atoms with Gasteiger partial charge >= 0.3 is 6.18 Å². The van der Waals surface area contributed by atoms with Crippen molar-refractivity contribution in [1.29, 1.82) is 0 Å². The molecular weight excluding hydrogens is 488 g/mol. The van der Waals surface area contributed by atoms with Gasteiger partial charge in [0, 0.05) is 33.6 Å². The molecule has 174 valence electrons. The van der Waals surface area contributed by atoms with Gasteiger partial charge in [0.1, 0.15) is 0 Å². The first-order valence-corrected chi connectivity index (χ1v) is 10.8. The number of halogens is 5. The summed E-state index contributed by atoms with van der Waals surface area (Å²) in [5.74, 6) is -0.319. The van der Waals surface area contributed by atoms with Crippen molar-refractivity contribution in [1.82, 2.24) is 20.1 Å². The number of carbonyl (C=O) groups excluding carboxylic acids is 1. The van der Waals surface area contributed by atoms with Gasteiger partial charge in [0.15, 0.2) is 5.69 Å². The Kier molecular flexibility index (Phi) is 6.63. The molecule has 2 heterocycles. The van der Waals surface area contributed by atoms with E-state index in [1.807, 2.05) is 6.07 Å². The second-order valence-corrected chi connectivity index (χ2v) is 8.37. The number of rotatable bonds is 5. The highest BCUT2D eigenvalue weighted by atomic mass is 35.5. The molecule has 0 fully saturated rings. The molecule has 2 aromatic heterocycles. The molecule has 0 saturated heterocycles. The lowest BCUT2D eigenvalue weighted by atomic mass is 10.1. The normalized spacial score (nSPS) is 11.5. The average molecular weight is 505 g/mol. The number of nitrogens with one attached hydrogen (secondary N) is 1. The van der Waals surface area contributed by atoms with Crippen molar-refractivity contribution < 1.29 is 18.0 Å². The second kappa shape index (κ2) is 9.48. The first-order valence-electron chi connectivity index (χ1n) is 10.0. The van der Waals surface area contributed by atoms with Crippen molar-refractivity contribution >= 4 is 29.1 Å². The first kappa shape index (κ1) is 23.8. The second-order valence-electron chi connectivity index (χ2n) is 7.49. The Hall–Kier alpha value is -3.36. The summed E-state index contributed by atoms with van der Waals surface area (Å²) >= 11 is 12.0. The molecule has 5 nitrogen and oxygen atoms in total. The number of alkyl halides is 3. The lowest BCUT2D eigenvalue weighted by molar-refractivity contribution is -0.140. The van der Waals surface area contributed by atoms with Crippen molar-refractivity contribution in [2.75, 3.05) is 0 Å². The Morgan fingerprint density at radius 3 is 2.41 bits per heavy atom. The van der Waals surface area contributed by atoms with E-state index in [9.17, 15) is 18.0 Å². The fraction of sp³-hybridized carbons (Fsp3) is 0.125. The molecule has 0 spiro atoms. The van der Waals surface area contributed by atoms with Gasteiger partial charge in [-0.3, -0.25) is 9.78 Å². The number of aromatic nitrogens is 3. The summed E-state index contributed by atoms with van der Waals surface area (Å²) in [6.45, 7) is 1.95. The zero-order valence-electron chi connectivity index (χ0n) is 17.7. The molecule has 0 aliphatic heterocycles. The molecule has 0 unspecified atom stereocenters. The molecule has 2 aromatic carbocycles. The number of benzene rings is 2. The zero-order chi connectivity index (χ0) is 24.5. The molecule has 0 radical (unpaired) electrons. The van der Waals surface area contributed by atoms with Crippen LogP contribution in [-0.4, -0.2) is 20.7 Å². The predicted molar refractivity (Wildman–Crippen MR) is 124 cm³/mol. The van der Waals surface area contributed by atoms with Crippen molar-refractivity contribution in [3.63, 3.8) is 0 Å². The molecule has 4 rings (SSSR count). The van der Waals surface area contributed by atoms with E-state index in [2.05, 4.69) is 15.4 Å². The summed E-state index contributed by atoms with van der Waals surface area (Å²) < 4.78 is 42.3. The summed E-state index contributed by atoms with van der Waals surface area (Å²) in [4.78, 5) is 16.7. The van der Waals surface area contributed by atoms with E-state index in [1.54, 1.807) is 37.4 Å². The Bertz CT molecular complexity index is 1330. The van der Waals surface area contributed by atoms with Crippen LogP contribution >= 0.6 is 23.2 Å². The predicted octanol–water partition coefficient (Wildman–Crippen LogP) is 6.50. The molecule has 0 atom stereocenters. The van der Waals surface area contributed by atoms with Crippen LogP contribution in [0.4, 0.5) is 13.2 Å². The average Bonchev–Trinajstić information content (AvgIpc) is 3.24. The molecular formula is C24H17Cl2F3N4O. The molecule has 1 amide bonds. The minimum absolute atomic E-state index is 0.160. The van der Waals surface area contributed by atoms with E-state index >= 15 is 0 Å². The highest BCUT2D eigenvalue weighted by molar-refractivity contribution is 6.35. The van der Waals surface area contributed by atoms with E-state index in [4.69, 9.17) is 23.2 Å². The van der Waals surface area contributed by atoms with Crippen LogP contribution in [0.25, 0.3) is 16.8 Å². The number of aryl methyl sites for hydroxylation is 1. The molecule has 0 aliphatic rings. The van der Waals surface area contributed by atoms with Crippen LogP contribution in [0.3, 0.4) is 0 Å². The number of pyridine rings is 1. The number of nitrogens with zero attached hydrogens (tertiary/aromatic N) is 3. The number of hydrogen-bond donors (Lipinski definition) is 1. The third-order valence-corrected chi connectivity index (χ3v) is 5.47. The maximum absolute atomic E-state index is 13.7. The van der Waals surface area contributed by atoms with E-state index in [0.717, 1.165) is 4.68 Å². The topological polar surface area (TPSA) is 59.8 Å². The van der Waals surface area contributed by atoms with Crippen LogP contribution in [0, 0.1) is 6.92 Å². The van der Waals surface area contributed by atoms with Crippen LogP contribution in [0.1, 0.15) is 27.3 Å². The van der Waals surface area contributed by atoms with Gasteiger partial charge in [0.05, 0.1) is 17.9 Å². The summed E-state index contributed by atoms with van der Waals surface area (Å²) in [6.07, 6.45) is -1.80. The SMILES string of the molecule is Cc1cc(-n2cc(-c3cc(Cl)cc(Cl)c3)c(C(F)(F)F)n2)ccc1C(=O)NCc1ccccn1. The van der Waals surface area contributed by atoms with E-state index in [-0.39, 0.29) is 33.6 Å². The summed E-state index contributed by atoms with van der Waals surface area (Å²) in [6, 6.07) is 14.3. The van der Waals surface area contributed by atoms with Gasteiger partial charge in [-0.2, -0.15) is 18.3 Å². The van der Waals surface area contributed by atoms with Gasteiger partial charge in [-0.15, -0.1) is 0 Å². The Morgan fingerprint density at radius 2 is 1.79 bits per heavy atom. The third kappa shape index (κ3) is 5.24. The van der Waals surface area contributed by atoms with Gasteiger partial charge in [-0.25, -0.2) is 4.68 Å². The van der Waals surface area contributed by atoms with Gasteiger partial charge in [0.2, 0.25) is 0 Å². The van der Waals surface area contributed by atoms with Crippen LogP contribution < -0.4 is 5.32 Å². The lowest BCUT2D eigenvalue weighted by Gasteiger charge is -2.10. The van der Waals surface area contributed by atoms with E-state index in [1.165, 1.54) is 30.5 Å². The van der Waals surface area contributed by atoms with Crippen LogP contribution in [-0.2, 0) is 12.7 Å². The molecule has 0 bridgehead atoms. The Balaban J connectivity index is 1.65. The number of carbonyl (C=O) groups is 1. The minimum atomic E-state index is -4.70. The van der Waals surface area contributed by atoms with Crippen LogP contribution in [0.2, 0.25) is 10.0 Å². The maximum Gasteiger partial charge on any atom is 0.435 e. The van der Waals surface area contributed by atoms with Crippen molar-refractivity contribution in [3.8, 4) is 16.8 Å². The number of amides is 1. The molecule has 0 saturated carbocycles. The monoisotopic (exact) mass is 504 g/mol. The molecule has 0 aliphatic carbocycles. The molecule has 10 heteroatoms. The van der Waals surface area contributed by atoms with Gasteiger partial charge < -0.3 is 5.32 Å². The Morgan fingerprint density at radius 1 is 1.06 bits per heavy atom. The third-order valence-electron chi connectivity index (χ3n) is 5.03. The largest absolute Gasteiger partial charge is 0.435 e. The van der Waals surface area contributed by atoms with Crippen LogP contribution in [0.5, 0.6) is 0 Å². The van der Waals surface area contributed by atoms with Gasteiger partial charge in [0.25, 0.3) is 5.91 Å². The summed E-state index contributed by atoms with van der Waals surface area (Å²) in [5, 5.41) is 6.98.